The number of amides is 1. The van der Waals surface area contributed by atoms with Gasteiger partial charge in [0.2, 0.25) is 0 Å². The quantitative estimate of drug-likeness (QED) is 0.531. The molecule has 0 spiro atoms. The molecule has 0 heterocycles. The highest BCUT2D eigenvalue weighted by Gasteiger charge is 2.23. The molecule has 0 aliphatic rings. The van der Waals surface area contributed by atoms with Gasteiger partial charge in [0.05, 0.1) is 12.7 Å². The van der Waals surface area contributed by atoms with Crippen LogP contribution >= 0.6 is 0 Å². The van der Waals surface area contributed by atoms with E-state index in [2.05, 4.69) is 5.32 Å². The van der Waals surface area contributed by atoms with Gasteiger partial charge in [-0.15, -0.1) is 0 Å². The Morgan fingerprint density at radius 3 is 2.52 bits per heavy atom. The number of nitrogen functional groups attached to an aromatic ring is 1. The lowest BCUT2D eigenvalue weighted by Gasteiger charge is -2.15. The third kappa shape index (κ3) is 4.68. The van der Waals surface area contributed by atoms with Gasteiger partial charge in [-0.05, 0) is 18.6 Å². The number of carbonyl (C=O) groups is 3. The summed E-state index contributed by atoms with van der Waals surface area (Å²) in [6.45, 7) is 0. The molecule has 0 fully saturated rings. The lowest BCUT2D eigenvalue weighted by Crippen LogP contribution is -2.41. The van der Waals surface area contributed by atoms with Crippen molar-refractivity contribution in [1.82, 2.24) is 5.32 Å². The number of aliphatic carboxylic acids is 2. The normalized spacial score (nSPS) is 11.5. The monoisotopic (exact) mass is 296 g/mol. The Labute approximate surface area is 120 Å². The van der Waals surface area contributed by atoms with E-state index in [4.69, 9.17) is 20.7 Å². The zero-order valence-electron chi connectivity index (χ0n) is 11.3. The Morgan fingerprint density at radius 1 is 1.33 bits per heavy atom. The molecule has 114 valence electrons. The van der Waals surface area contributed by atoms with Gasteiger partial charge in [-0.2, -0.15) is 0 Å². The molecular weight excluding hydrogens is 280 g/mol. The fraction of sp³-hybridized carbons (Fsp3) is 0.308. The average Bonchev–Trinajstić information content (AvgIpc) is 2.42. The van der Waals surface area contributed by atoms with Crippen LogP contribution in [-0.4, -0.2) is 41.2 Å². The number of rotatable bonds is 7. The van der Waals surface area contributed by atoms with Gasteiger partial charge in [0.25, 0.3) is 5.91 Å². The van der Waals surface area contributed by atoms with E-state index < -0.39 is 23.9 Å². The van der Waals surface area contributed by atoms with Crippen molar-refractivity contribution in [2.45, 2.75) is 18.9 Å². The summed E-state index contributed by atoms with van der Waals surface area (Å²) in [4.78, 5) is 33.6. The number of nitrogens with one attached hydrogen (secondary N) is 1. The van der Waals surface area contributed by atoms with E-state index in [1.807, 2.05) is 0 Å². The van der Waals surface area contributed by atoms with Gasteiger partial charge >= 0.3 is 11.9 Å². The standard InChI is InChI=1S/C13H16N2O6/c1-21-10-6-7(14)2-3-8(10)12(18)15-9(13(19)20)4-5-11(16)17/h2-3,6,9H,4-5,14H2,1H3,(H,15,18)(H,16,17)(H,19,20)/t9-/m0/s1. The predicted octanol–water partition coefficient (Wildman–Crippen LogP) is 0.325. The van der Waals surface area contributed by atoms with Gasteiger partial charge in [0.1, 0.15) is 11.8 Å². The summed E-state index contributed by atoms with van der Waals surface area (Å²) in [5, 5.41) is 19.8. The average molecular weight is 296 g/mol. The summed E-state index contributed by atoms with van der Waals surface area (Å²) in [7, 11) is 1.35. The molecule has 0 radical (unpaired) electrons. The van der Waals surface area contributed by atoms with E-state index in [9.17, 15) is 14.4 Å². The largest absolute Gasteiger partial charge is 0.496 e. The first-order chi connectivity index (χ1) is 9.85. The first-order valence-electron chi connectivity index (χ1n) is 6.04. The minimum absolute atomic E-state index is 0.119. The van der Waals surface area contributed by atoms with E-state index >= 15 is 0 Å². The van der Waals surface area contributed by atoms with Crippen LogP contribution in [0.2, 0.25) is 0 Å². The number of anilines is 1. The second-order valence-corrected chi connectivity index (χ2v) is 4.26. The Balaban J connectivity index is 2.86. The minimum atomic E-state index is -1.31. The molecule has 0 unspecified atom stereocenters. The van der Waals surface area contributed by atoms with Crippen LogP contribution in [0.25, 0.3) is 0 Å². The summed E-state index contributed by atoms with van der Waals surface area (Å²) in [6, 6.07) is 3.02. The van der Waals surface area contributed by atoms with Gasteiger partial charge in [-0.25, -0.2) is 4.79 Å². The summed E-state index contributed by atoms with van der Waals surface area (Å²) in [5.41, 5.74) is 6.07. The van der Waals surface area contributed by atoms with Crippen LogP contribution in [0.4, 0.5) is 5.69 Å². The molecule has 21 heavy (non-hydrogen) atoms. The van der Waals surface area contributed by atoms with Crippen LogP contribution < -0.4 is 15.8 Å². The fourth-order valence-electron chi connectivity index (χ4n) is 1.66. The summed E-state index contributed by atoms with van der Waals surface area (Å²) < 4.78 is 5.01. The summed E-state index contributed by atoms with van der Waals surface area (Å²) in [6.07, 6.45) is -0.580. The number of carbonyl (C=O) groups excluding carboxylic acids is 1. The molecule has 0 saturated carbocycles. The molecule has 1 rings (SSSR count). The lowest BCUT2D eigenvalue weighted by atomic mass is 10.1. The van der Waals surface area contributed by atoms with Crippen molar-refractivity contribution in [1.29, 1.82) is 0 Å². The first kappa shape index (κ1) is 16.3. The third-order valence-electron chi connectivity index (χ3n) is 2.72. The van der Waals surface area contributed by atoms with Crippen molar-refractivity contribution >= 4 is 23.5 Å². The highest BCUT2D eigenvalue weighted by Crippen LogP contribution is 2.21. The molecule has 0 saturated heterocycles. The maximum Gasteiger partial charge on any atom is 0.326 e. The topological polar surface area (TPSA) is 139 Å². The Morgan fingerprint density at radius 2 is 2.00 bits per heavy atom. The van der Waals surface area contributed by atoms with Crippen molar-refractivity contribution in [3.8, 4) is 5.75 Å². The molecule has 1 amide bonds. The second kappa shape index (κ2) is 7.13. The van der Waals surface area contributed by atoms with Crippen molar-refractivity contribution < 1.29 is 29.3 Å². The smallest absolute Gasteiger partial charge is 0.326 e. The van der Waals surface area contributed by atoms with Gasteiger partial charge in [0, 0.05) is 18.2 Å². The zero-order valence-corrected chi connectivity index (χ0v) is 11.3. The maximum atomic E-state index is 12.1. The van der Waals surface area contributed by atoms with Gasteiger partial charge in [0.15, 0.2) is 0 Å². The zero-order chi connectivity index (χ0) is 16.0. The number of hydrogen-bond acceptors (Lipinski definition) is 5. The fourth-order valence-corrected chi connectivity index (χ4v) is 1.66. The predicted molar refractivity (Wildman–Crippen MR) is 73.2 cm³/mol. The van der Waals surface area contributed by atoms with Crippen LogP contribution in [0.15, 0.2) is 18.2 Å². The Kier molecular flexibility index (Phi) is 5.53. The number of carboxylic acid groups (broad SMARTS) is 2. The molecule has 8 heteroatoms. The van der Waals surface area contributed by atoms with Crippen LogP contribution in [-0.2, 0) is 9.59 Å². The van der Waals surface area contributed by atoms with Crippen molar-refractivity contribution in [2.24, 2.45) is 0 Å². The molecule has 1 aromatic carbocycles. The molecule has 8 nitrogen and oxygen atoms in total. The number of nitrogens with two attached hydrogens (primary N) is 1. The highest BCUT2D eigenvalue weighted by molar-refractivity contribution is 5.99. The first-order valence-corrected chi connectivity index (χ1v) is 6.04. The Bertz CT molecular complexity index is 558. The number of carboxylic acids is 2. The van der Waals surface area contributed by atoms with Crippen LogP contribution in [0.5, 0.6) is 5.75 Å². The highest BCUT2D eigenvalue weighted by atomic mass is 16.5. The van der Waals surface area contributed by atoms with Gasteiger partial charge in [-0.3, -0.25) is 9.59 Å². The number of hydrogen-bond donors (Lipinski definition) is 4. The summed E-state index contributed by atoms with van der Waals surface area (Å²) >= 11 is 0. The number of benzene rings is 1. The maximum absolute atomic E-state index is 12.1. The van der Waals surface area contributed by atoms with Crippen LogP contribution in [0, 0.1) is 0 Å². The minimum Gasteiger partial charge on any atom is -0.496 e. The Hall–Kier alpha value is -2.77. The molecule has 1 atom stereocenters. The van der Waals surface area contributed by atoms with E-state index in [1.54, 1.807) is 0 Å². The van der Waals surface area contributed by atoms with Gasteiger partial charge in [-0.1, -0.05) is 0 Å². The number of methoxy groups -OCH3 is 1. The SMILES string of the molecule is COc1cc(N)ccc1C(=O)N[C@@H](CCC(=O)O)C(=O)O. The lowest BCUT2D eigenvalue weighted by molar-refractivity contribution is -0.140. The van der Waals surface area contributed by atoms with Crippen LogP contribution in [0.3, 0.4) is 0 Å². The summed E-state index contributed by atoms with van der Waals surface area (Å²) in [5.74, 6) is -2.92. The number of ether oxygens (including phenoxy) is 1. The van der Waals surface area contributed by atoms with E-state index in [1.165, 1.54) is 25.3 Å². The molecular formula is C13H16N2O6. The van der Waals surface area contributed by atoms with Crippen molar-refractivity contribution in [3.63, 3.8) is 0 Å². The third-order valence-corrected chi connectivity index (χ3v) is 2.72. The molecule has 0 aromatic heterocycles. The second-order valence-electron chi connectivity index (χ2n) is 4.26. The molecule has 5 N–H and O–H groups in total. The van der Waals surface area contributed by atoms with E-state index in [0.29, 0.717) is 5.69 Å². The molecule has 0 aliphatic carbocycles. The van der Waals surface area contributed by atoms with Crippen LogP contribution in [0.1, 0.15) is 23.2 Å². The molecule has 0 aliphatic heterocycles. The van der Waals surface area contributed by atoms with E-state index in [0.717, 1.165) is 0 Å². The molecule has 0 bridgehead atoms. The van der Waals surface area contributed by atoms with Crippen molar-refractivity contribution in [3.05, 3.63) is 23.8 Å². The van der Waals surface area contributed by atoms with Gasteiger partial charge < -0.3 is 26.0 Å². The van der Waals surface area contributed by atoms with Crippen molar-refractivity contribution in [2.75, 3.05) is 12.8 Å². The van der Waals surface area contributed by atoms with E-state index in [-0.39, 0.29) is 24.2 Å². The molecule has 1 aromatic rings.